The van der Waals surface area contributed by atoms with Crippen molar-refractivity contribution in [3.63, 3.8) is 0 Å². The predicted molar refractivity (Wildman–Crippen MR) is 119 cm³/mol. The largest absolute Gasteiger partial charge is 0.497 e. The third kappa shape index (κ3) is 7.35. The number of thioether (sulfide) groups is 1. The number of methoxy groups -OCH3 is 1. The van der Waals surface area contributed by atoms with Crippen molar-refractivity contribution in [1.29, 1.82) is 0 Å². The number of hydrogen-bond donors (Lipinski definition) is 4. The molecule has 10 nitrogen and oxygen atoms in total. The van der Waals surface area contributed by atoms with Crippen LogP contribution in [-0.2, 0) is 14.4 Å². The van der Waals surface area contributed by atoms with Gasteiger partial charge in [0.1, 0.15) is 11.8 Å². The molecule has 31 heavy (non-hydrogen) atoms. The molecule has 0 unspecified atom stereocenters. The van der Waals surface area contributed by atoms with Crippen LogP contribution < -0.4 is 26.4 Å². The predicted octanol–water partition coefficient (Wildman–Crippen LogP) is 0.531. The number of hydrogen-bond acceptors (Lipinski definition) is 6. The Morgan fingerprint density at radius 1 is 1.29 bits per heavy atom. The molecular formula is C20H29N5O5S. The zero-order chi connectivity index (χ0) is 22.8. The number of ether oxygens (including phenoxy) is 1. The summed E-state index contributed by atoms with van der Waals surface area (Å²) < 4.78 is 5.14. The molecule has 0 saturated carbocycles. The van der Waals surface area contributed by atoms with Crippen LogP contribution in [-0.4, -0.2) is 72.9 Å². The van der Waals surface area contributed by atoms with Crippen molar-refractivity contribution in [2.75, 3.05) is 37.5 Å². The molecule has 1 aliphatic heterocycles. The Kier molecular flexibility index (Phi) is 9.44. The summed E-state index contributed by atoms with van der Waals surface area (Å²) >= 11 is 1.37. The molecule has 170 valence electrons. The van der Waals surface area contributed by atoms with Crippen LogP contribution >= 0.6 is 11.8 Å². The molecule has 1 saturated heterocycles. The summed E-state index contributed by atoms with van der Waals surface area (Å²) in [5, 5.41) is 8.26. The summed E-state index contributed by atoms with van der Waals surface area (Å²) in [7, 11) is 1.53. The third-order valence-electron chi connectivity index (χ3n) is 4.80. The number of rotatable bonds is 10. The second kappa shape index (κ2) is 12.0. The summed E-state index contributed by atoms with van der Waals surface area (Å²) in [5.74, 6) is -0.138. The molecule has 0 radical (unpaired) electrons. The standard InChI is InChI=1S/C20H29N5O5S/c1-30-14-6-3-5-13(11-14)23-20(29)24-15-8-10-25(17(27)12-31-2)18(15)19(28)22-9-4-7-16(21)26/h3,5-6,11,15,18H,4,7-10,12H2,1-2H3,(H2,21,26)(H,22,28)(H2,23,24,29)/t15-,18-/m0/s1. The summed E-state index contributed by atoms with van der Waals surface area (Å²) in [6.45, 7) is 0.619. The quantitative estimate of drug-likeness (QED) is 0.382. The number of primary amides is 1. The lowest BCUT2D eigenvalue weighted by atomic mass is 10.1. The first-order valence-corrected chi connectivity index (χ1v) is 11.3. The van der Waals surface area contributed by atoms with Gasteiger partial charge in [-0.1, -0.05) is 6.07 Å². The van der Waals surface area contributed by atoms with Gasteiger partial charge in [0.15, 0.2) is 0 Å². The lowest BCUT2D eigenvalue weighted by Crippen LogP contribution is -2.55. The molecule has 0 aromatic heterocycles. The first kappa shape index (κ1) is 24.3. The molecule has 0 spiro atoms. The number of benzene rings is 1. The molecular weight excluding hydrogens is 422 g/mol. The van der Waals surface area contributed by atoms with Crippen LogP contribution in [0.25, 0.3) is 0 Å². The Morgan fingerprint density at radius 3 is 2.74 bits per heavy atom. The van der Waals surface area contributed by atoms with Crippen molar-refractivity contribution in [3.05, 3.63) is 24.3 Å². The van der Waals surface area contributed by atoms with Crippen LogP contribution in [0.15, 0.2) is 24.3 Å². The van der Waals surface area contributed by atoms with E-state index in [9.17, 15) is 19.2 Å². The molecule has 5 amide bonds. The number of amides is 5. The van der Waals surface area contributed by atoms with Gasteiger partial charge in [-0.3, -0.25) is 14.4 Å². The first-order chi connectivity index (χ1) is 14.8. The van der Waals surface area contributed by atoms with Crippen molar-refractivity contribution >= 4 is 41.2 Å². The molecule has 1 aliphatic rings. The Morgan fingerprint density at radius 2 is 2.06 bits per heavy atom. The molecule has 2 rings (SSSR count). The summed E-state index contributed by atoms with van der Waals surface area (Å²) in [6.07, 6.45) is 2.82. The Bertz CT molecular complexity index is 806. The summed E-state index contributed by atoms with van der Waals surface area (Å²) in [5.41, 5.74) is 5.66. The number of carbonyl (C=O) groups excluding carboxylic acids is 4. The lowest BCUT2D eigenvalue weighted by molar-refractivity contribution is -0.137. The number of urea groups is 1. The zero-order valence-corrected chi connectivity index (χ0v) is 18.5. The third-order valence-corrected chi connectivity index (χ3v) is 5.33. The molecule has 2 atom stereocenters. The second-order valence-corrected chi connectivity index (χ2v) is 7.92. The number of nitrogens with two attached hydrogens (primary N) is 1. The van der Waals surface area contributed by atoms with Crippen LogP contribution in [0.1, 0.15) is 19.3 Å². The topological polar surface area (TPSA) is 143 Å². The summed E-state index contributed by atoms with van der Waals surface area (Å²) in [6, 6.07) is 5.03. The Labute approximate surface area is 185 Å². The molecule has 0 bridgehead atoms. The molecule has 5 N–H and O–H groups in total. The fourth-order valence-electron chi connectivity index (χ4n) is 3.37. The fraction of sp³-hybridized carbons (Fsp3) is 0.500. The van der Waals surface area contributed by atoms with Crippen molar-refractivity contribution in [1.82, 2.24) is 15.5 Å². The van der Waals surface area contributed by atoms with Gasteiger partial charge in [0.25, 0.3) is 0 Å². The molecule has 11 heteroatoms. The molecule has 1 aromatic carbocycles. The van der Waals surface area contributed by atoms with E-state index in [1.165, 1.54) is 23.8 Å². The van der Waals surface area contributed by atoms with E-state index in [-0.39, 0.29) is 30.5 Å². The highest BCUT2D eigenvalue weighted by molar-refractivity contribution is 7.99. The maximum atomic E-state index is 12.8. The van der Waals surface area contributed by atoms with Crippen LogP contribution in [0.2, 0.25) is 0 Å². The van der Waals surface area contributed by atoms with E-state index < -0.39 is 24.0 Å². The van der Waals surface area contributed by atoms with Crippen LogP contribution in [0, 0.1) is 0 Å². The van der Waals surface area contributed by atoms with E-state index >= 15 is 0 Å². The van der Waals surface area contributed by atoms with Gasteiger partial charge in [0.2, 0.25) is 17.7 Å². The average molecular weight is 452 g/mol. The minimum atomic E-state index is -0.829. The summed E-state index contributed by atoms with van der Waals surface area (Å²) in [4.78, 5) is 50.2. The van der Waals surface area contributed by atoms with Crippen LogP contribution in [0.4, 0.5) is 10.5 Å². The highest BCUT2D eigenvalue weighted by Gasteiger charge is 2.42. The number of likely N-dealkylation sites (tertiary alicyclic amines) is 1. The van der Waals surface area contributed by atoms with Gasteiger partial charge >= 0.3 is 6.03 Å². The molecule has 1 heterocycles. The smallest absolute Gasteiger partial charge is 0.319 e. The van der Waals surface area contributed by atoms with Gasteiger partial charge in [-0.25, -0.2) is 4.79 Å². The van der Waals surface area contributed by atoms with E-state index in [1.54, 1.807) is 24.3 Å². The molecule has 1 fully saturated rings. The van der Waals surface area contributed by atoms with Gasteiger partial charge in [0.05, 0.1) is 18.9 Å². The number of anilines is 1. The fourth-order valence-corrected chi connectivity index (χ4v) is 3.78. The van der Waals surface area contributed by atoms with E-state index in [1.807, 2.05) is 6.26 Å². The average Bonchev–Trinajstić information content (AvgIpc) is 3.14. The van der Waals surface area contributed by atoms with Crippen molar-refractivity contribution < 1.29 is 23.9 Å². The maximum Gasteiger partial charge on any atom is 0.319 e. The van der Waals surface area contributed by atoms with Gasteiger partial charge in [-0.15, -0.1) is 0 Å². The van der Waals surface area contributed by atoms with E-state index in [4.69, 9.17) is 10.5 Å². The highest BCUT2D eigenvalue weighted by atomic mass is 32.2. The second-order valence-electron chi connectivity index (χ2n) is 7.05. The Hall–Kier alpha value is -2.95. The first-order valence-electron chi connectivity index (χ1n) is 9.91. The maximum absolute atomic E-state index is 12.8. The van der Waals surface area contributed by atoms with Gasteiger partial charge in [-0.05, 0) is 31.2 Å². The minimum Gasteiger partial charge on any atom is -0.497 e. The lowest BCUT2D eigenvalue weighted by Gasteiger charge is -2.27. The SMILES string of the molecule is COc1cccc(NC(=O)N[C@H]2CCN(C(=O)CSC)[C@@H]2C(=O)NCCCC(N)=O)c1. The van der Waals surface area contributed by atoms with E-state index in [2.05, 4.69) is 16.0 Å². The van der Waals surface area contributed by atoms with Gasteiger partial charge in [-0.2, -0.15) is 11.8 Å². The number of carbonyl (C=O) groups is 4. The van der Waals surface area contributed by atoms with E-state index in [0.717, 1.165) is 0 Å². The van der Waals surface area contributed by atoms with E-state index in [0.29, 0.717) is 30.8 Å². The van der Waals surface area contributed by atoms with Crippen molar-refractivity contribution in [2.45, 2.75) is 31.3 Å². The molecule has 0 aliphatic carbocycles. The van der Waals surface area contributed by atoms with Gasteiger partial charge < -0.3 is 31.3 Å². The number of nitrogens with zero attached hydrogens (tertiary/aromatic N) is 1. The van der Waals surface area contributed by atoms with Gasteiger partial charge in [0, 0.05) is 31.3 Å². The molecule has 1 aromatic rings. The van der Waals surface area contributed by atoms with Crippen LogP contribution in [0.3, 0.4) is 0 Å². The highest BCUT2D eigenvalue weighted by Crippen LogP contribution is 2.21. The van der Waals surface area contributed by atoms with Crippen molar-refractivity contribution in [2.24, 2.45) is 5.73 Å². The number of nitrogens with one attached hydrogen (secondary N) is 3. The zero-order valence-electron chi connectivity index (χ0n) is 17.7. The normalized spacial score (nSPS) is 17.7. The van der Waals surface area contributed by atoms with Crippen molar-refractivity contribution in [3.8, 4) is 5.75 Å². The minimum absolute atomic E-state index is 0.157. The Balaban J connectivity index is 2.04. The monoisotopic (exact) mass is 451 g/mol. The van der Waals surface area contributed by atoms with Crippen LogP contribution in [0.5, 0.6) is 5.75 Å².